The van der Waals surface area contributed by atoms with E-state index < -0.39 is 0 Å². The average molecular weight is 218 g/mol. The lowest BCUT2D eigenvalue weighted by Gasteiger charge is -2.01. The molecule has 0 atom stereocenters. The lowest BCUT2D eigenvalue weighted by atomic mass is 10.1. The zero-order valence-corrected chi connectivity index (χ0v) is 9.85. The van der Waals surface area contributed by atoms with Gasteiger partial charge in [-0.1, -0.05) is 50.3 Å². The fraction of sp³-hybridized carbons (Fsp3) is 0.357. The van der Waals surface area contributed by atoms with E-state index in [1.807, 2.05) is 36.4 Å². The molecule has 1 rings (SSSR count). The molecule has 0 radical (unpaired) electrons. The van der Waals surface area contributed by atoms with Crippen LogP contribution in [-0.4, -0.2) is 5.97 Å². The van der Waals surface area contributed by atoms with Crippen molar-refractivity contribution in [2.45, 2.75) is 26.9 Å². The third-order valence-corrected chi connectivity index (χ3v) is 2.09. The summed E-state index contributed by atoms with van der Waals surface area (Å²) in [5.74, 6) is 0.294. The Morgan fingerprint density at radius 2 is 2.00 bits per heavy atom. The van der Waals surface area contributed by atoms with Crippen molar-refractivity contribution >= 4 is 5.97 Å². The third-order valence-electron chi connectivity index (χ3n) is 2.09. The molecule has 86 valence electrons. The summed E-state index contributed by atoms with van der Waals surface area (Å²) in [7, 11) is 0. The van der Waals surface area contributed by atoms with Crippen LogP contribution in [-0.2, 0) is 16.1 Å². The van der Waals surface area contributed by atoms with Gasteiger partial charge in [-0.2, -0.15) is 0 Å². The number of esters is 1. The van der Waals surface area contributed by atoms with Gasteiger partial charge in [0, 0.05) is 6.08 Å². The molecule has 1 aromatic rings. The summed E-state index contributed by atoms with van der Waals surface area (Å²) < 4.78 is 5.08. The number of hydrogen-bond donors (Lipinski definition) is 0. The average Bonchev–Trinajstić information content (AvgIpc) is 2.27. The number of hydrogen-bond acceptors (Lipinski definition) is 2. The van der Waals surface area contributed by atoms with Crippen molar-refractivity contribution in [3.05, 3.63) is 48.0 Å². The molecule has 0 heterocycles. The highest BCUT2D eigenvalue weighted by molar-refractivity contribution is 5.81. The van der Waals surface area contributed by atoms with E-state index in [2.05, 4.69) is 13.8 Å². The summed E-state index contributed by atoms with van der Waals surface area (Å²) in [4.78, 5) is 11.3. The maximum absolute atomic E-state index is 11.3. The van der Waals surface area contributed by atoms with Gasteiger partial charge >= 0.3 is 5.97 Å². The van der Waals surface area contributed by atoms with Crippen molar-refractivity contribution < 1.29 is 9.53 Å². The normalized spacial score (nSPS) is 10.9. The van der Waals surface area contributed by atoms with Crippen molar-refractivity contribution in [2.75, 3.05) is 0 Å². The summed E-state index contributed by atoms with van der Waals surface area (Å²) in [6, 6.07) is 9.67. The lowest BCUT2D eigenvalue weighted by molar-refractivity contribution is -0.139. The zero-order chi connectivity index (χ0) is 11.8. The summed E-state index contributed by atoms with van der Waals surface area (Å²) in [6.45, 7) is 4.56. The zero-order valence-electron chi connectivity index (χ0n) is 9.85. The molecular weight excluding hydrogens is 200 g/mol. The Morgan fingerprint density at radius 1 is 1.31 bits per heavy atom. The van der Waals surface area contributed by atoms with Crippen molar-refractivity contribution in [3.8, 4) is 0 Å². The summed E-state index contributed by atoms with van der Waals surface area (Å²) in [5, 5.41) is 0. The van der Waals surface area contributed by atoms with Crippen LogP contribution in [0.15, 0.2) is 42.5 Å². The Labute approximate surface area is 96.9 Å². The van der Waals surface area contributed by atoms with E-state index in [1.54, 1.807) is 0 Å². The number of carbonyl (C=O) groups excluding carboxylic acids is 1. The van der Waals surface area contributed by atoms with Crippen molar-refractivity contribution in [2.24, 2.45) is 5.92 Å². The second kappa shape index (κ2) is 6.83. The number of ether oxygens (including phenoxy) is 1. The Hall–Kier alpha value is -1.57. The van der Waals surface area contributed by atoms with E-state index in [0.29, 0.717) is 12.5 Å². The summed E-state index contributed by atoms with van der Waals surface area (Å²) in [6.07, 6.45) is 4.27. The van der Waals surface area contributed by atoms with Crippen LogP contribution in [0.4, 0.5) is 0 Å². The van der Waals surface area contributed by atoms with E-state index in [-0.39, 0.29) is 5.97 Å². The molecule has 0 aliphatic rings. The highest BCUT2D eigenvalue weighted by atomic mass is 16.5. The molecule has 0 N–H and O–H groups in total. The van der Waals surface area contributed by atoms with E-state index in [9.17, 15) is 4.79 Å². The van der Waals surface area contributed by atoms with Gasteiger partial charge in [0.2, 0.25) is 0 Å². The first-order valence-electron chi connectivity index (χ1n) is 5.55. The molecule has 0 amide bonds. The quantitative estimate of drug-likeness (QED) is 0.559. The molecule has 1 aromatic carbocycles. The van der Waals surface area contributed by atoms with Gasteiger partial charge in [0.1, 0.15) is 6.61 Å². The SMILES string of the molecule is CC(C)CC=CC(=O)OCc1ccccc1. The molecule has 2 nitrogen and oxygen atoms in total. The maximum atomic E-state index is 11.3. The second-order valence-corrected chi connectivity index (χ2v) is 4.13. The first kappa shape index (κ1) is 12.5. The predicted octanol–water partition coefficient (Wildman–Crippen LogP) is 3.33. The van der Waals surface area contributed by atoms with Gasteiger partial charge in [-0.15, -0.1) is 0 Å². The molecule has 0 aromatic heterocycles. The molecule has 0 aliphatic carbocycles. The minimum absolute atomic E-state index is 0.274. The second-order valence-electron chi connectivity index (χ2n) is 4.13. The molecule has 0 saturated heterocycles. The lowest BCUT2D eigenvalue weighted by Crippen LogP contribution is -2.00. The largest absolute Gasteiger partial charge is 0.458 e. The minimum Gasteiger partial charge on any atom is -0.458 e. The van der Waals surface area contributed by atoms with Gasteiger partial charge in [0.05, 0.1) is 0 Å². The number of benzene rings is 1. The van der Waals surface area contributed by atoms with E-state index >= 15 is 0 Å². The number of carbonyl (C=O) groups is 1. The van der Waals surface area contributed by atoms with Crippen molar-refractivity contribution in [1.29, 1.82) is 0 Å². The van der Waals surface area contributed by atoms with E-state index in [0.717, 1.165) is 12.0 Å². The summed E-state index contributed by atoms with van der Waals surface area (Å²) in [5.41, 5.74) is 1.01. The highest BCUT2D eigenvalue weighted by Gasteiger charge is 1.98. The van der Waals surface area contributed by atoms with Gasteiger partial charge in [-0.05, 0) is 17.9 Å². The highest BCUT2D eigenvalue weighted by Crippen LogP contribution is 2.02. The van der Waals surface area contributed by atoms with Crippen molar-refractivity contribution in [3.63, 3.8) is 0 Å². The fourth-order valence-electron chi connectivity index (χ4n) is 1.21. The molecule has 0 bridgehead atoms. The third kappa shape index (κ3) is 5.35. The van der Waals surface area contributed by atoms with Crippen LogP contribution >= 0.6 is 0 Å². The topological polar surface area (TPSA) is 26.3 Å². The minimum atomic E-state index is -0.274. The number of allylic oxidation sites excluding steroid dienone is 1. The van der Waals surface area contributed by atoms with Crippen LogP contribution in [0.5, 0.6) is 0 Å². The van der Waals surface area contributed by atoms with Gasteiger partial charge in [0.15, 0.2) is 0 Å². The van der Waals surface area contributed by atoms with Crippen LogP contribution in [0.2, 0.25) is 0 Å². The Morgan fingerprint density at radius 3 is 2.62 bits per heavy atom. The Balaban J connectivity index is 2.28. The van der Waals surface area contributed by atoms with Crippen LogP contribution in [0.3, 0.4) is 0 Å². The maximum Gasteiger partial charge on any atom is 0.330 e. The molecule has 0 fully saturated rings. The standard InChI is InChI=1S/C14H18O2/c1-12(2)7-6-10-14(15)16-11-13-8-4-3-5-9-13/h3-6,8-10,12H,7,11H2,1-2H3. The van der Waals surface area contributed by atoms with Crippen LogP contribution in [0, 0.1) is 5.92 Å². The van der Waals surface area contributed by atoms with Gasteiger partial charge in [-0.25, -0.2) is 4.79 Å². The predicted molar refractivity (Wildman–Crippen MR) is 64.8 cm³/mol. The fourth-order valence-corrected chi connectivity index (χ4v) is 1.21. The van der Waals surface area contributed by atoms with Crippen LogP contribution in [0.1, 0.15) is 25.8 Å². The Kier molecular flexibility index (Phi) is 5.34. The van der Waals surface area contributed by atoms with Gasteiger partial charge < -0.3 is 4.74 Å². The first-order chi connectivity index (χ1) is 7.68. The monoisotopic (exact) mass is 218 g/mol. The summed E-state index contributed by atoms with van der Waals surface area (Å²) >= 11 is 0. The smallest absolute Gasteiger partial charge is 0.330 e. The van der Waals surface area contributed by atoms with Gasteiger partial charge in [-0.3, -0.25) is 0 Å². The molecule has 0 saturated carbocycles. The molecule has 0 spiro atoms. The molecule has 0 aliphatic heterocycles. The first-order valence-corrected chi connectivity index (χ1v) is 5.55. The van der Waals surface area contributed by atoms with E-state index in [4.69, 9.17) is 4.74 Å². The molecule has 16 heavy (non-hydrogen) atoms. The van der Waals surface area contributed by atoms with Crippen LogP contribution < -0.4 is 0 Å². The molecular formula is C14H18O2. The van der Waals surface area contributed by atoms with Crippen molar-refractivity contribution in [1.82, 2.24) is 0 Å². The Bertz CT molecular complexity index is 339. The van der Waals surface area contributed by atoms with E-state index in [1.165, 1.54) is 6.08 Å². The van der Waals surface area contributed by atoms with Gasteiger partial charge in [0.25, 0.3) is 0 Å². The number of rotatable bonds is 5. The molecule has 0 unspecified atom stereocenters. The molecule has 2 heteroatoms. The van der Waals surface area contributed by atoms with Crippen LogP contribution in [0.25, 0.3) is 0 Å².